The number of nitrogens with one attached hydrogen (secondary N) is 3. The quantitative estimate of drug-likeness (QED) is 0.705. The van der Waals surface area contributed by atoms with Gasteiger partial charge in [0.2, 0.25) is 0 Å². The van der Waals surface area contributed by atoms with E-state index in [9.17, 15) is 9.59 Å². The number of hydrogen-bond acceptors (Lipinski definition) is 5. The molecule has 8 nitrogen and oxygen atoms in total. The number of benzene rings is 1. The van der Waals surface area contributed by atoms with Crippen LogP contribution in [0.5, 0.6) is 5.75 Å². The minimum Gasteiger partial charge on any atom is -0.490 e. The van der Waals surface area contributed by atoms with Crippen LogP contribution in [-0.2, 0) is 6.42 Å². The molecule has 0 saturated carbocycles. The summed E-state index contributed by atoms with van der Waals surface area (Å²) in [5.74, 6) is 1.38. The molecule has 2 amide bonds. The van der Waals surface area contributed by atoms with Gasteiger partial charge in [-0.3, -0.25) is 4.79 Å². The summed E-state index contributed by atoms with van der Waals surface area (Å²) in [4.78, 5) is 32.6. The number of carbonyl (C=O) groups excluding carboxylic acids is 1. The third kappa shape index (κ3) is 6.09. The summed E-state index contributed by atoms with van der Waals surface area (Å²) >= 11 is 0. The normalized spacial score (nSPS) is 15.2. The molecule has 1 aliphatic rings. The van der Waals surface area contributed by atoms with Crippen molar-refractivity contribution in [2.75, 3.05) is 32.0 Å². The molecule has 3 N–H and O–H groups in total. The first kappa shape index (κ1) is 19.9. The Balaban J connectivity index is 1.42. The minimum atomic E-state index is -0.300. The van der Waals surface area contributed by atoms with Crippen LogP contribution < -0.4 is 20.9 Å². The van der Waals surface area contributed by atoms with Crippen LogP contribution in [0.4, 0.5) is 10.5 Å². The molecule has 1 aromatic heterocycles. The van der Waals surface area contributed by atoms with Crippen LogP contribution in [-0.4, -0.2) is 53.7 Å². The second-order valence-corrected chi connectivity index (χ2v) is 7.10. The summed E-state index contributed by atoms with van der Waals surface area (Å²) in [6.07, 6.45) is 2.80. The molecule has 28 heavy (non-hydrogen) atoms. The van der Waals surface area contributed by atoms with Gasteiger partial charge in [-0.05, 0) is 51.1 Å². The Morgan fingerprint density at radius 3 is 2.68 bits per heavy atom. The molecule has 2 aromatic rings. The lowest BCUT2D eigenvalue weighted by Crippen LogP contribution is -2.35. The third-order valence-corrected chi connectivity index (χ3v) is 4.66. The van der Waals surface area contributed by atoms with Gasteiger partial charge in [-0.25, -0.2) is 9.78 Å². The highest BCUT2D eigenvalue weighted by molar-refractivity contribution is 5.89. The molecular formula is C20H27N5O3. The van der Waals surface area contributed by atoms with Crippen LogP contribution in [0.25, 0.3) is 0 Å². The predicted molar refractivity (Wildman–Crippen MR) is 108 cm³/mol. The number of ether oxygens (including phenoxy) is 1. The Morgan fingerprint density at radius 1 is 1.29 bits per heavy atom. The van der Waals surface area contributed by atoms with Crippen molar-refractivity contribution in [1.82, 2.24) is 20.2 Å². The molecule has 1 aromatic carbocycles. The number of aromatic amines is 1. The van der Waals surface area contributed by atoms with Crippen molar-refractivity contribution in [3.05, 3.63) is 52.2 Å². The van der Waals surface area contributed by atoms with Crippen molar-refractivity contribution in [3.8, 4) is 5.75 Å². The fraction of sp³-hybridized carbons (Fsp3) is 0.450. The highest BCUT2D eigenvalue weighted by atomic mass is 16.5. The van der Waals surface area contributed by atoms with E-state index in [1.807, 2.05) is 24.3 Å². The van der Waals surface area contributed by atoms with Crippen molar-refractivity contribution in [1.29, 1.82) is 0 Å². The number of anilines is 1. The molecule has 0 spiro atoms. The first-order valence-electron chi connectivity index (χ1n) is 9.55. The highest BCUT2D eigenvalue weighted by Crippen LogP contribution is 2.20. The maximum Gasteiger partial charge on any atom is 0.319 e. The topological polar surface area (TPSA) is 99.3 Å². The SMILES string of the molecule is Cc1nc(CCNC(=O)Nc2ccc(OC3CCN(C)CC3)cc2)cc(=O)[nH]1. The van der Waals surface area contributed by atoms with Gasteiger partial charge in [0.1, 0.15) is 17.7 Å². The van der Waals surface area contributed by atoms with Crippen molar-refractivity contribution in [3.63, 3.8) is 0 Å². The van der Waals surface area contributed by atoms with Gasteiger partial charge in [-0.2, -0.15) is 0 Å². The molecule has 3 rings (SSSR count). The van der Waals surface area contributed by atoms with E-state index in [0.29, 0.717) is 30.2 Å². The summed E-state index contributed by atoms with van der Waals surface area (Å²) < 4.78 is 6.01. The second-order valence-electron chi connectivity index (χ2n) is 7.10. The lowest BCUT2D eigenvalue weighted by Gasteiger charge is -2.29. The van der Waals surface area contributed by atoms with Crippen LogP contribution in [0, 0.1) is 6.92 Å². The molecular weight excluding hydrogens is 358 g/mol. The van der Waals surface area contributed by atoms with Gasteiger partial charge in [0.05, 0.1) is 0 Å². The smallest absolute Gasteiger partial charge is 0.319 e. The van der Waals surface area contributed by atoms with Crippen LogP contribution in [0.2, 0.25) is 0 Å². The number of piperidine rings is 1. The van der Waals surface area contributed by atoms with Crippen molar-refractivity contribution >= 4 is 11.7 Å². The first-order chi connectivity index (χ1) is 13.5. The molecule has 0 atom stereocenters. The van der Waals surface area contributed by atoms with Crippen LogP contribution in [0.3, 0.4) is 0 Å². The minimum absolute atomic E-state index is 0.186. The van der Waals surface area contributed by atoms with Crippen molar-refractivity contribution in [2.24, 2.45) is 0 Å². The van der Waals surface area contributed by atoms with E-state index >= 15 is 0 Å². The number of H-pyrrole nitrogens is 1. The Kier molecular flexibility index (Phi) is 6.65. The number of carbonyl (C=O) groups is 1. The number of rotatable bonds is 6. The zero-order chi connectivity index (χ0) is 19.9. The lowest BCUT2D eigenvalue weighted by atomic mass is 10.1. The largest absolute Gasteiger partial charge is 0.490 e. The number of aromatic nitrogens is 2. The van der Waals surface area contributed by atoms with E-state index in [2.05, 4.69) is 32.5 Å². The van der Waals surface area contributed by atoms with Gasteiger partial charge < -0.3 is 25.3 Å². The van der Waals surface area contributed by atoms with Crippen LogP contribution in [0.1, 0.15) is 24.4 Å². The van der Waals surface area contributed by atoms with Gasteiger partial charge in [0.25, 0.3) is 5.56 Å². The van der Waals surface area contributed by atoms with Gasteiger partial charge in [0.15, 0.2) is 0 Å². The Labute approximate surface area is 164 Å². The van der Waals surface area contributed by atoms with Crippen molar-refractivity contribution < 1.29 is 9.53 Å². The van der Waals surface area contributed by atoms with Crippen molar-refractivity contribution in [2.45, 2.75) is 32.3 Å². The average Bonchev–Trinajstić information content (AvgIpc) is 2.64. The molecule has 150 valence electrons. The average molecular weight is 385 g/mol. The van der Waals surface area contributed by atoms with Gasteiger partial charge in [0, 0.05) is 43.5 Å². The molecule has 0 unspecified atom stereocenters. The molecule has 1 saturated heterocycles. The Morgan fingerprint density at radius 2 is 2.00 bits per heavy atom. The molecule has 0 aliphatic carbocycles. The summed E-state index contributed by atoms with van der Waals surface area (Å²) in [5, 5.41) is 5.55. The van der Waals surface area contributed by atoms with Gasteiger partial charge in [-0.1, -0.05) is 0 Å². The number of amides is 2. The Hall–Kier alpha value is -2.87. The lowest BCUT2D eigenvalue weighted by molar-refractivity contribution is 0.114. The number of nitrogens with zero attached hydrogens (tertiary/aromatic N) is 2. The number of likely N-dealkylation sites (tertiary alicyclic amines) is 1. The Bertz CT molecular complexity index is 842. The van der Waals surface area contributed by atoms with Crippen LogP contribution >= 0.6 is 0 Å². The van der Waals surface area contributed by atoms with E-state index in [1.165, 1.54) is 6.07 Å². The monoisotopic (exact) mass is 385 g/mol. The maximum absolute atomic E-state index is 12.0. The maximum atomic E-state index is 12.0. The molecule has 2 heterocycles. The zero-order valence-electron chi connectivity index (χ0n) is 16.3. The molecule has 0 bridgehead atoms. The van der Waals surface area contributed by atoms with Gasteiger partial charge in [-0.15, -0.1) is 0 Å². The van der Waals surface area contributed by atoms with Crippen LogP contribution in [0.15, 0.2) is 35.1 Å². The number of urea groups is 1. The number of hydrogen-bond donors (Lipinski definition) is 3. The summed E-state index contributed by atoms with van der Waals surface area (Å²) in [6, 6.07) is 8.53. The summed E-state index contributed by atoms with van der Waals surface area (Å²) in [6.45, 7) is 4.22. The van der Waals surface area contributed by atoms with E-state index in [0.717, 1.165) is 31.7 Å². The van der Waals surface area contributed by atoms with E-state index in [1.54, 1.807) is 6.92 Å². The standard InChI is InChI=1S/C20H27N5O3/c1-14-22-16(13-19(26)23-14)7-10-21-20(27)24-15-3-5-17(6-4-15)28-18-8-11-25(2)12-9-18/h3-6,13,18H,7-12H2,1-2H3,(H2,21,24,27)(H,22,23,26). The van der Waals surface area contributed by atoms with Gasteiger partial charge >= 0.3 is 6.03 Å². The molecule has 1 aliphatic heterocycles. The summed E-state index contributed by atoms with van der Waals surface area (Å²) in [5.41, 5.74) is 1.16. The zero-order valence-corrected chi connectivity index (χ0v) is 16.3. The highest BCUT2D eigenvalue weighted by Gasteiger charge is 2.17. The molecule has 1 fully saturated rings. The summed E-state index contributed by atoms with van der Waals surface area (Å²) in [7, 11) is 2.12. The second kappa shape index (κ2) is 9.36. The van der Waals surface area contributed by atoms with E-state index < -0.39 is 0 Å². The fourth-order valence-electron chi connectivity index (χ4n) is 3.16. The fourth-order valence-corrected chi connectivity index (χ4v) is 3.16. The predicted octanol–water partition coefficient (Wildman–Crippen LogP) is 1.92. The first-order valence-corrected chi connectivity index (χ1v) is 9.55. The molecule has 0 radical (unpaired) electrons. The van der Waals surface area contributed by atoms with E-state index in [4.69, 9.17) is 4.74 Å². The third-order valence-electron chi connectivity index (χ3n) is 4.66. The number of aryl methyl sites for hydroxylation is 1. The molecule has 8 heteroatoms. The van der Waals surface area contributed by atoms with E-state index in [-0.39, 0.29) is 17.7 Å².